The first kappa shape index (κ1) is 14.4. The first-order chi connectivity index (χ1) is 8.88. The van der Waals surface area contributed by atoms with Crippen molar-refractivity contribution in [1.29, 1.82) is 0 Å². The lowest BCUT2D eigenvalue weighted by Crippen LogP contribution is -2.23. The van der Waals surface area contributed by atoms with Crippen LogP contribution in [0.4, 0.5) is 10.1 Å². The molecule has 1 heterocycles. The molecule has 0 atom stereocenters. The Labute approximate surface area is 122 Å². The second-order valence-electron chi connectivity index (χ2n) is 3.72. The molecule has 2 rings (SSSR count). The second-order valence-corrected chi connectivity index (χ2v) is 8.00. The zero-order valence-corrected chi connectivity index (χ0v) is 12.8. The second kappa shape index (κ2) is 5.58. The van der Waals surface area contributed by atoms with E-state index in [9.17, 15) is 12.8 Å². The van der Waals surface area contributed by atoms with Crippen LogP contribution in [0.25, 0.3) is 0 Å². The Kier molecular flexibility index (Phi) is 4.24. The van der Waals surface area contributed by atoms with Gasteiger partial charge in [0, 0.05) is 17.1 Å². The molecule has 0 fully saturated rings. The molecule has 19 heavy (non-hydrogen) atoms. The van der Waals surface area contributed by atoms with Crippen molar-refractivity contribution in [2.75, 3.05) is 5.73 Å². The number of sulfonamides is 1. The summed E-state index contributed by atoms with van der Waals surface area (Å²) >= 11 is 4.69. The number of rotatable bonds is 4. The average molecular weight is 365 g/mol. The molecule has 0 spiro atoms. The zero-order valence-electron chi connectivity index (χ0n) is 9.56. The third-order valence-electron chi connectivity index (χ3n) is 2.31. The van der Waals surface area contributed by atoms with Gasteiger partial charge in [-0.15, -0.1) is 11.3 Å². The quantitative estimate of drug-likeness (QED) is 0.819. The molecule has 102 valence electrons. The molecule has 2 aromatic rings. The monoisotopic (exact) mass is 364 g/mol. The summed E-state index contributed by atoms with van der Waals surface area (Å²) in [6.45, 7) is 0.104. The fourth-order valence-corrected chi connectivity index (χ4v) is 4.05. The predicted molar refractivity (Wildman–Crippen MR) is 76.9 cm³/mol. The van der Waals surface area contributed by atoms with Gasteiger partial charge in [-0.25, -0.2) is 17.5 Å². The van der Waals surface area contributed by atoms with E-state index in [-0.39, 0.29) is 12.2 Å². The van der Waals surface area contributed by atoms with Crippen LogP contribution >= 0.6 is 27.3 Å². The minimum atomic E-state index is -3.92. The lowest BCUT2D eigenvalue weighted by Gasteiger charge is -2.07. The molecule has 1 aromatic heterocycles. The van der Waals surface area contributed by atoms with E-state index >= 15 is 0 Å². The van der Waals surface area contributed by atoms with Crippen molar-refractivity contribution >= 4 is 43.0 Å². The number of nitrogens with two attached hydrogens (primary N) is 1. The van der Waals surface area contributed by atoms with E-state index in [2.05, 4.69) is 20.7 Å². The third kappa shape index (κ3) is 3.53. The molecule has 0 aliphatic heterocycles. The van der Waals surface area contributed by atoms with Crippen LogP contribution in [0, 0.1) is 5.82 Å². The number of anilines is 1. The molecule has 0 saturated heterocycles. The third-order valence-corrected chi connectivity index (χ3v) is 5.35. The van der Waals surface area contributed by atoms with Gasteiger partial charge in [-0.05, 0) is 46.3 Å². The normalized spacial score (nSPS) is 11.7. The van der Waals surface area contributed by atoms with Gasteiger partial charge in [0.25, 0.3) is 0 Å². The molecular weight excluding hydrogens is 355 g/mol. The lowest BCUT2D eigenvalue weighted by atomic mass is 10.3. The van der Waals surface area contributed by atoms with Crippen LogP contribution < -0.4 is 10.5 Å². The standard InChI is InChI=1S/C11H10BrFN2O2S2/c12-11-4-2-8(18-11)6-15-19(16,17)10-5-7(14)1-3-9(10)13/h1-5,15H,6,14H2. The number of halogens is 2. The van der Waals surface area contributed by atoms with Crippen molar-refractivity contribution in [2.45, 2.75) is 11.4 Å². The van der Waals surface area contributed by atoms with Crippen LogP contribution in [-0.2, 0) is 16.6 Å². The highest BCUT2D eigenvalue weighted by Gasteiger charge is 2.19. The number of nitrogen functional groups attached to an aromatic ring is 1. The Balaban J connectivity index is 2.20. The molecule has 0 saturated carbocycles. The maximum absolute atomic E-state index is 13.5. The first-order valence-electron chi connectivity index (χ1n) is 5.17. The van der Waals surface area contributed by atoms with E-state index in [1.54, 1.807) is 6.07 Å². The molecule has 1 aromatic carbocycles. The van der Waals surface area contributed by atoms with Gasteiger partial charge in [0.1, 0.15) is 10.7 Å². The lowest BCUT2D eigenvalue weighted by molar-refractivity contribution is 0.557. The van der Waals surface area contributed by atoms with E-state index < -0.39 is 20.7 Å². The topological polar surface area (TPSA) is 72.2 Å². The van der Waals surface area contributed by atoms with Gasteiger partial charge < -0.3 is 5.73 Å². The molecule has 0 aliphatic carbocycles. The Hall–Kier alpha value is -0.960. The van der Waals surface area contributed by atoms with Crippen molar-refractivity contribution in [1.82, 2.24) is 4.72 Å². The predicted octanol–water partition coefficient (Wildman–Crippen LogP) is 2.71. The number of benzene rings is 1. The highest BCUT2D eigenvalue weighted by atomic mass is 79.9. The Morgan fingerprint density at radius 2 is 2.05 bits per heavy atom. The van der Waals surface area contributed by atoms with Gasteiger partial charge in [0.15, 0.2) is 0 Å². The maximum Gasteiger partial charge on any atom is 0.243 e. The van der Waals surface area contributed by atoms with Gasteiger partial charge in [0.05, 0.1) is 3.79 Å². The summed E-state index contributed by atoms with van der Waals surface area (Å²) in [4.78, 5) is 0.378. The van der Waals surface area contributed by atoms with Crippen molar-refractivity contribution in [3.05, 3.63) is 44.8 Å². The molecule has 0 unspecified atom stereocenters. The van der Waals surface area contributed by atoms with Gasteiger partial charge in [-0.3, -0.25) is 0 Å². The summed E-state index contributed by atoms with van der Waals surface area (Å²) in [5, 5.41) is 0. The molecule has 3 N–H and O–H groups in total. The summed E-state index contributed by atoms with van der Waals surface area (Å²) in [6.07, 6.45) is 0. The summed E-state index contributed by atoms with van der Waals surface area (Å²) in [5.41, 5.74) is 5.67. The molecule has 8 heteroatoms. The largest absolute Gasteiger partial charge is 0.399 e. The first-order valence-corrected chi connectivity index (χ1v) is 8.26. The van der Waals surface area contributed by atoms with Crippen molar-refractivity contribution < 1.29 is 12.8 Å². The van der Waals surface area contributed by atoms with Gasteiger partial charge in [0.2, 0.25) is 10.0 Å². The number of hydrogen-bond acceptors (Lipinski definition) is 4. The summed E-state index contributed by atoms with van der Waals surface area (Å²) in [7, 11) is -3.92. The van der Waals surface area contributed by atoms with Crippen molar-refractivity contribution in [2.24, 2.45) is 0 Å². The smallest absolute Gasteiger partial charge is 0.243 e. The van der Waals surface area contributed by atoms with Crippen LogP contribution in [0.15, 0.2) is 39.0 Å². The Bertz CT molecular complexity index is 700. The molecule has 0 amide bonds. The fourth-order valence-electron chi connectivity index (χ4n) is 1.42. The Morgan fingerprint density at radius 3 is 2.68 bits per heavy atom. The van der Waals surface area contributed by atoms with Gasteiger partial charge >= 0.3 is 0 Å². The van der Waals surface area contributed by atoms with Crippen LogP contribution in [0.2, 0.25) is 0 Å². The Morgan fingerprint density at radius 1 is 1.32 bits per heavy atom. The average Bonchev–Trinajstić information content (AvgIpc) is 2.76. The van der Waals surface area contributed by atoms with Crippen LogP contribution in [0.1, 0.15) is 4.88 Å². The number of nitrogens with one attached hydrogen (secondary N) is 1. The maximum atomic E-state index is 13.5. The van der Waals surface area contributed by atoms with E-state index in [1.807, 2.05) is 6.07 Å². The summed E-state index contributed by atoms with van der Waals surface area (Å²) in [5.74, 6) is -0.825. The zero-order chi connectivity index (χ0) is 14.0. The SMILES string of the molecule is Nc1ccc(F)c(S(=O)(=O)NCc2ccc(Br)s2)c1. The van der Waals surface area contributed by atoms with Crippen molar-refractivity contribution in [3.63, 3.8) is 0 Å². The highest BCUT2D eigenvalue weighted by Crippen LogP contribution is 2.23. The number of hydrogen-bond donors (Lipinski definition) is 2. The van der Waals surface area contributed by atoms with Gasteiger partial charge in [-0.1, -0.05) is 0 Å². The van der Waals surface area contributed by atoms with Crippen LogP contribution in [-0.4, -0.2) is 8.42 Å². The molecular formula is C11H10BrFN2O2S2. The molecule has 0 bridgehead atoms. The molecule has 0 radical (unpaired) electrons. The van der Waals surface area contributed by atoms with E-state index in [4.69, 9.17) is 5.73 Å². The van der Waals surface area contributed by atoms with E-state index in [0.717, 1.165) is 20.8 Å². The minimum absolute atomic E-state index is 0.104. The summed E-state index contributed by atoms with van der Waals surface area (Å²) in [6, 6.07) is 7.04. The van der Waals surface area contributed by atoms with E-state index in [0.29, 0.717) is 0 Å². The van der Waals surface area contributed by atoms with Crippen molar-refractivity contribution in [3.8, 4) is 0 Å². The fraction of sp³-hybridized carbons (Fsp3) is 0.0909. The highest BCUT2D eigenvalue weighted by molar-refractivity contribution is 9.11. The summed E-state index contributed by atoms with van der Waals surface area (Å²) < 4.78 is 40.7. The molecule has 0 aliphatic rings. The molecule has 4 nitrogen and oxygen atoms in total. The van der Waals surface area contributed by atoms with E-state index in [1.165, 1.54) is 17.4 Å². The number of thiophene rings is 1. The van der Waals surface area contributed by atoms with Crippen LogP contribution in [0.3, 0.4) is 0 Å². The minimum Gasteiger partial charge on any atom is -0.399 e. The van der Waals surface area contributed by atoms with Gasteiger partial charge in [-0.2, -0.15) is 0 Å². The van der Waals surface area contributed by atoms with Crippen LogP contribution in [0.5, 0.6) is 0 Å².